The third-order valence-corrected chi connectivity index (χ3v) is 6.16. The van der Waals surface area contributed by atoms with E-state index in [9.17, 15) is 22.4 Å². The number of benzene rings is 2. The average Bonchev–Trinajstić information content (AvgIpc) is 3.07. The van der Waals surface area contributed by atoms with Crippen LogP contribution in [0.15, 0.2) is 53.7 Å². The highest BCUT2D eigenvalue weighted by Crippen LogP contribution is 2.30. The van der Waals surface area contributed by atoms with Gasteiger partial charge >= 0.3 is 6.18 Å². The number of nitrogens with zero attached hydrogens (tertiary/aromatic N) is 3. The summed E-state index contributed by atoms with van der Waals surface area (Å²) in [6, 6.07) is 10.8. The van der Waals surface area contributed by atoms with Crippen molar-refractivity contribution in [1.29, 1.82) is 0 Å². The highest BCUT2D eigenvalue weighted by Gasteiger charge is 2.30. The maximum Gasteiger partial charge on any atom is 0.416 e. The molecule has 1 heterocycles. The van der Waals surface area contributed by atoms with Crippen molar-refractivity contribution in [2.45, 2.75) is 22.8 Å². The highest BCUT2D eigenvalue weighted by molar-refractivity contribution is 7.99. The summed E-state index contributed by atoms with van der Waals surface area (Å²) < 4.78 is 53.0. The lowest BCUT2D eigenvalue weighted by Gasteiger charge is -2.09. The topological polar surface area (TPSA) is 59.8 Å². The number of carbonyl (C=O) groups excluding carboxylic acids is 1. The third kappa shape index (κ3) is 6.73. The summed E-state index contributed by atoms with van der Waals surface area (Å²) >= 11 is 2.74. The zero-order valence-corrected chi connectivity index (χ0v) is 18.0. The van der Waals surface area contributed by atoms with Gasteiger partial charge in [0.05, 0.1) is 17.1 Å². The van der Waals surface area contributed by atoms with Gasteiger partial charge in [-0.15, -0.1) is 22.0 Å². The van der Waals surface area contributed by atoms with Gasteiger partial charge in [0.25, 0.3) is 0 Å². The number of rotatable bonds is 8. The molecule has 0 saturated heterocycles. The Morgan fingerprint density at radius 1 is 1.10 bits per heavy atom. The quantitative estimate of drug-likeness (QED) is 0.365. The number of anilines is 1. The van der Waals surface area contributed by atoms with Crippen LogP contribution >= 0.6 is 23.5 Å². The first-order valence-corrected chi connectivity index (χ1v) is 11.2. The van der Waals surface area contributed by atoms with Gasteiger partial charge in [0.1, 0.15) is 11.6 Å². The smallest absolute Gasteiger partial charge is 0.325 e. The number of thioether (sulfide) groups is 2. The Morgan fingerprint density at radius 3 is 2.55 bits per heavy atom. The summed E-state index contributed by atoms with van der Waals surface area (Å²) in [6.45, 7) is 0. The molecule has 1 aromatic heterocycles. The first-order valence-electron chi connectivity index (χ1n) is 9.03. The molecule has 11 heteroatoms. The van der Waals surface area contributed by atoms with Crippen LogP contribution in [-0.4, -0.2) is 26.4 Å². The number of carbonyl (C=O) groups is 1. The van der Waals surface area contributed by atoms with Crippen molar-refractivity contribution in [3.05, 3.63) is 71.3 Å². The van der Waals surface area contributed by atoms with Gasteiger partial charge in [-0.2, -0.15) is 13.2 Å². The Balaban J connectivity index is 1.49. The summed E-state index contributed by atoms with van der Waals surface area (Å²) in [5, 5.41) is 11.2. The Morgan fingerprint density at radius 2 is 1.84 bits per heavy atom. The lowest BCUT2D eigenvalue weighted by Crippen LogP contribution is -2.15. The molecule has 3 rings (SSSR count). The third-order valence-electron chi connectivity index (χ3n) is 4.14. The van der Waals surface area contributed by atoms with E-state index in [0.29, 0.717) is 22.5 Å². The Bertz CT molecular complexity index is 1040. The fraction of sp³-hybridized carbons (Fsp3) is 0.250. The second-order valence-electron chi connectivity index (χ2n) is 6.49. The van der Waals surface area contributed by atoms with Gasteiger partial charge < -0.3 is 9.88 Å². The number of alkyl halides is 3. The summed E-state index contributed by atoms with van der Waals surface area (Å²) in [7, 11) is 1.78. The van der Waals surface area contributed by atoms with Crippen LogP contribution in [0.4, 0.5) is 23.2 Å². The molecule has 0 spiro atoms. The van der Waals surface area contributed by atoms with Crippen molar-refractivity contribution >= 4 is 35.1 Å². The second-order valence-corrected chi connectivity index (χ2v) is 8.42. The van der Waals surface area contributed by atoms with Gasteiger partial charge in [0, 0.05) is 18.5 Å². The zero-order chi connectivity index (χ0) is 22.4. The highest BCUT2D eigenvalue weighted by atomic mass is 32.2. The fourth-order valence-electron chi connectivity index (χ4n) is 2.54. The number of hydrogen-bond acceptors (Lipinski definition) is 5. The minimum absolute atomic E-state index is 0.0229. The molecule has 0 aliphatic rings. The molecule has 1 N–H and O–H groups in total. The van der Waals surface area contributed by atoms with E-state index in [2.05, 4.69) is 15.5 Å². The number of nitrogens with one attached hydrogen (secondary N) is 1. The molecule has 0 fully saturated rings. The van der Waals surface area contributed by atoms with Gasteiger partial charge in [0.15, 0.2) is 5.16 Å². The largest absolute Gasteiger partial charge is 0.416 e. The van der Waals surface area contributed by atoms with Gasteiger partial charge in [-0.3, -0.25) is 4.79 Å². The lowest BCUT2D eigenvalue weighted by molar-refractivity contribution is -0.137. The molecule has 5 nitrogen and oxygen atoms in total. The Kier molecular flexibility index (Phi) is 7.60. The molecule has 31 heavy (non-hydrogen) atoms. The summed E-state index contributed by atoms with van der Waals surface area (Å²) in [5.74, 6) is 1.24. The van der Waals surface area contributed by atoms with E-state index in [-0.39, 0.29) is 17.3 Å². The van der Waals surface area contributed by atoms with E-state index < -0.39 is 17.6 Å². The standard InChI is InChI=1S/C20H18F4N4OS2/c1-28-17(11-30-10-13-5-7-15(21)8-6-13)26-27-19(28)31-12-18(29)25-16-4-2-3-14(9-16)20(22,23)24/h2-9H,10-12H2,1H3,(H,25,29). The molecule has 0 aliphatic heterocycles. The maximum absolute atomic E-state index is 12.9. The van der Waals surface area contributed by atoms with Gasteiger partial charge in [-0.25, -0.2) is 4.39 Å². The van der Waals surface area contributed by atoms with Crippen LogP contribution in [0.2, 0.25) is 0 Å². The van der Waals surface area contributed by atoms with E-state index in [0.717, 1.165) is 29.5 Å². The molecule has 2 aromatic carbocycles. The predicted octanol–water partition coefficient (Wildman–Crippen LogP) is 5.14. The first kappa shape index (κ1) is 23.1. The molecule has 0 unspecified atom stereocenters. The summed E-state index contributed by atoms with van der Waals surface area (Å²) in [4.78, 5) is 12.1. The van der Waals surface area contributed by atoms with Crippen LogP contribution in [-0.2, 0) is 29.5 Å². The van der Waals surface area contributed by atoms with Crippen molar-refractivity contribution in [3.63, 3.8) is 0 Å². The number of halogens is 4. The summed E-state index contributed by atoms with van der Waals surface area (Å²) in [5.41, 5.74) is 0.250. The molecule has 0 aliphatic carbocycles. The van der Waals surface area contributed by atoms with Crippen molar-refractivity contribution in [2.24, 2.45) is 7.05 Å². The number of amides is 1. The normalized spacial score (nSPS) is 11.5. The molecular formula is C20H18F4N4OS2. The first-order chi connectivity index (χ1) is 14.7. The van der Waals surface area contributed by atoms with Gasteiger partial charge in [-0.1, -0.05) is 30.0 Å². The minimum atomic E-state index is -4.47. The molecule has 0 saturated carbocycles. The number of aromatic nitrogens is 3. The van der Waals surface area contributed by atoms with Crippen molar-refractivity contribution in [1.82, 2.24) is 14.8 Å². The monoisotopic (exact) mass is 470 g/mol. The fourth-order valence-corrected chi connectivity index (χ4v) is 4.23. The van der Waals surface area contributed by atoms with E-state index in [1.807, 2.05) is 0 Å². The minimum Gasteiger partial charge on any atom is -0.325 e. The molecule has 1 amide bonds. The lowest BCUT2D eigenvalue weighted by atomic mass is 10.2. The van der Waals surface area contributed by atoms with Crippen LogP contribution in [0.1, 0.15) is 17.0 Å². The van der Waals surface area contributed by atoms with E-state index in [4.69, 9.17) is 0 Å². The van der Waals surface area contributed by atoms with Crippen LogP contribution < -0.4 is 5.32 Å². The summed E-state index contributed by atoms with van der Waals surface area (Å²) in [6.07, 6.45) is -4.47. The molecular weight excluding hydrogens is 452 g/mol. The van der Waals surface area contributed by atoms with Crippen LogP contribution in [0.25, 0.3) is 0 Å². The molecule has 0 radical (unpaired) electrons. The molecule has 0 bridgehead atoms. The zero-order valence-electron chi connectivity index (χ0n) is 16.3. The van der Waals surface area contributed by atoms with Crippen LogP contribution in [0.3, 0.4) is 0 Å². The average molecular weight is 471 g/mol. The number of hydrogen-bond donors (Lipinski definition) is 1. The maximum atomic E-state index is 12.9. The van der Waals surface area contributed by atoms with Crippen LogP contribution in [0, 0.1) is 5.82 Å². The van der Waals surface area contributed by atoms with E-state index in [1.165, 1.54) is 24.3 Å². The Labute approximate surface area is 184 Å². The molecule has 0 atom stereocenters. The van der Waals surface area contributed by atoms with Crippen LogP contribution in [0.5, 0.6) is 0 Å². The van der Waals surface area contributed by atoms with Gasteiger partial charge in [0.2, 0.25) is 5.91 Å². The van der Waals surface area contributed by atoms with E-state index >= 15 is 0 Å². The van der Waals surface area contributed by atoms with Gasteiger partial charge in [-0.05, 0) is 35.9 Å². The Hall–Kier alpha value is -2.53. The van der Waals surface area contributed by atoms with E-state index in [1.54, 1.807) is 35.5 Å². The van der Waals surface area contributed by atoms with Crippen molar-refractivity contribution in [2.75, 3.05) is 11.1 Å². The second kappa shape index (κ2) is 10.2. The van der Waals surface area contributed by atoms with Crippen molar-refractivity contribution in [3.8, 4) is 0 Å². The molecule has 3 aromatic rings. The predicted molar refractivity (Wildman–Crippen MR) is 113 cm³/mol. The molecule has 164 valence electrons. The van der Waals surface area contributed by atoms with Crippen molar-refractivity contribution < 1.29 is 22.4 Å². The SMILES string of the molecule is Cn1c(CSCc2ccc(F)cc2)nnc1SCC(=O)Nc1cccc(C(F)(F)F)c1.